The monoisotopic (exact) mass is 207 g/mol. The standard InChI is InChI=1S/C12H17NO2/c1-4-13(9(2)3)12(15)10-5-7-11(14)8-6-10/h5-9,14H,4H2,1-3H3. The summed E-state index contributed by atoms with van der Waals surface area (Å²) in [5.41, 5.74) is 0.614. The molecule has 3 heteroatoms. The van der Waals surface area contributed by atoms with Crippen LogP contribution in [-0.2, 0) is 0 Å². The maximum atomic E-state index is 12.0. The predicted molar refractivity (Wildman–Crippen MR) is 60.0 cm³/mol. The highest BCUT2D eigenvalue weighted by molar-refractivity contribution is 5.94. The molecule has 0 aromatic heterocycles. The van der Waals surface area contributed by atoms with E-state index < -0.39 is 0 Å². The smallest absolute Gasteiger partial charge is 0.254 e. The number of aromatic hydroxyl groups is 1. The van der Waals surface area contributed by atoms with Gasteiger partial charge in [0.25, 0.3) is 5.91 Å². The molecule has 82 valence electrons. The molecule has 0 saturated carbocycles. The van der Waals surface area contributed by atoms with Crippen molar-refractivity contribution in [2.24, 2.45) is 0 Å². The summed E-state index contributed by atoms with van der Waals surface area (Å²) >= 11 is 0. The van der Waals surface area contributed by atoms with Crippen LogP contribution in [0.1, 0.15) is 31.1 Å². The fourth-order valence-corrected chi connectivity index (χ4v) is 1.51. The zero-order valence-electron chi connectivity index (χ0n) is 9.40. The van der Waals surface area contributed by atoms with Gasteiger partial charge in [0.1, 0.15) is 5.75 Å². The molecule has 0 saturated heterocycles. The van der Waals surface area contributed by atoms with E-state index in [0.717, 1.165) is 0 Å². The Kier molecular flexibility index (Phi) is 3.72. The largest absolute Gasteiger partial charge is 0.508 e. The second-order valence-electron chi connectivity index (χ2n) is 3.73. The van der Waals surface area contributed by atoms with Crippen molar-refractivity contribution in [3.8, 4) is 5.75 Å². The second-order valence-corrected chi connectivity index (χ2v) is 3.73. The van der Waals surface area contributed by atoms with Gasteiger partial charge in [-0.25, -0.2) is 0 Å². The van der Waals surface area contributed by atoms with Gasteiger partial charge in [0.15, 0.2) is 0 Å². The van der Waals surface area contributed by atoms with Crippen molar-refractivity contribution in [2.75, 3.05) is 6.54 Å². The number of carbonyl (C=O) groups is 1. The lowest BCUT2D eigenvalue weighted by Crippen LogP contribution is -2.36. The molecule has 0 bridgehead atoms. The van der Waals surface area contributed by atoms with Crippen molar-refractivity contribution in [2.45, 2.75) is 26.8 Å². The van der Waals surface area contributed by atoms with Crippen LogP contribution in [0.4, 0.5) is 0 Å². The Morgan fingerprint density at radius 1 is 1.33 bits per heavy atom. The van der Waals surface area contributed by atoms with E-state index in [-0.39, 0.29) is 17.7 Å². The number of carbonyl (C=O) groups excluding carboxylic acids is 1. The molecule has 0 unspecified atom stereocenters. The fourth-order valence-electron chi connectivity index (χ4n) is 1.51. The number of hydrogen-bond donors (Lipinski definition) is 1. The summed E-state index contributed by atoms with van der Waals surface area (Å²) in [5.74, 6) is 0.187. The van der Waals surface area contributed by atoms with E-state index in [1.807, 2.05) is 20.8 Å². The minimum absolute atomic E-state index is 0.00694. The van der Waals surface area contributed by atoms with E-state index in [0.29, 0.717) is 12.1 Å². The molecule has 15 heavy (non-hydrogen) atoms. The number of phenols is 1. The van der Waals surface area contributed by atoms with Gasteiger partial charge in [0.05, 0.1) is 0 Å². The molecule has 1 rings (SSSR count). The minimum atomic E-state index is 0.00694. The molecule has 1 N–H and O–H groups in total. The summed E-state index contributed by atoms with van der Waals surface area (Å²) < 4.78 is 0. The number of phenolic OH excluding ortho intramolecular Hbond substituents is 1. The highest BCUT2D eigenvalue weighted by Gasteiger charge is 2.16. The van der Waals surface area contributed by atoms with Gasteiger partial charge < -0.3 is 10.0 Å². The molecule has 1 amide bonds. The van der Waals surface area contributed by atoms with Crippen LogP contribution in [0.25, 0.3) is 0 Å². The summed E-state index contributed by atoms with van der Waals surface area (Å²) in [6.45, 7) is 6.62. The average molecular weight is 207 g/mol. The number of rotatable bonds is 3. The lowest BCUT2D eigenvalue weighted by atomic mass is 10.1. The van der Waals surface area contributed by atoms with Crippen LogP contribution in [0.15, 0.2) is 24.3 Å². The Hall–Kier alpha value is -1.51. The number of amides is 1. The summed E-state index contributed by atoms with van der Waals surface area (Å²) in [5, 5.41) is 9.12. The Balaban J connectivity index is 2.88. The van der Waals surface area contributed by atoms with Crippen molar-refractivity contribution in [3.63, 3.8) is 0 Å². The first-order chi connectivity index (χ1) is 7.06. The van der Waals surface area contributed by atoms with Gasteiger partial charge in [-0.15, -0.1) is 0 Å². The van der Waals surface area contributed by atoms with Crippen LogP contribution in [0.3, 0.4) is 0 Å². The molecule has 1 aromatic rings. The van der Waals surface area contributed by atoms with Crippen LogP contribution in [-0.4, -0.2) is 28.5 Å². The van der Waals surface area contributed by atoms with Crippen molar-refractivity contribution in [1.29, 1.82) is 0 Å². The maximum absolute atomic E-state index is 12.0. The van der Waals surface area contributed by atoms with E-state index >= 15 is 0 Å². The number of nitrogens with zero attached hydrogens (tertiary/aromatic N) is 1. The van der Waals surface area contributed by atoms with Crippen LogP contribution < -0.4 is 0 Å². The third kappa shape index (κ3) is 2.72. The second kappa shape index (κ2) is 4.82. The van der Waals surface area contributed by atoms with E-state index in [2.05, 4.69) is 0 Å². The molecule has 0 radical (unpaired) electrons. The van der Waals surface area contributed by atoms with Crippen LogP contribution in [0.2, 0.25) is 0 Å². The lowest BCUT2D eigenvalue weighted by molar-refractivity contribution is 0.0717. The maximum Gasteiger partial charge on any atom is 0.254 e. The van der Waals surface area contributed by atoms with Crippen molar-refractivity contribution < 1.29 is 9.90 Å². The van der Waals surface area contributed by atoms with Crippen molar-refractivity contribution in [1.82, 2.24) is 4.90 Å². The van der Waals surface area contributed by atoms with Gasteiger partial charge >= 0.3 is 0 Å². The van der Waals surface area contributed by atoms with E-state index in [1.54, 1.807) is 17.0 Å². The molecule has 0 atom stereocenters. The topological polar surface area (TPSA) is 40.5 Å². The fraction of sp³-hybridized carbons (Fsp3) is 0.417. The third-order valence-electron chi connectivity index (χ3n) is 2.34. The van der Waals surface area contributed by atoms with Crippen LogP contribution in [0.5, 0.6) is 5.75 Å². The molecule has 0 aliphatic carbocycles. The molecule has 0 aliphatic heterocycles. The van der Waals surface area contributed by atoms with Crippen LogP contribution >= 0.6 is 0 Å². The SMILES string of the molecule is CCN(C(=O)c1ccc(O)cc1)C(C)C. The average Bonchev–Trinajstić information content (AvgIpc) is 2.19. The summed E-state index contributed by atoms with van der Waals surface area (Å²) in [7, 11) is 0. The quantitative estimate of drug-likeness (QED) is 0.826. The van der Waals surface area contributed by atoms with E-state index in [1.165, 1.54) is 12.1 Å². The molecule has 0 fully saturated rings. The zero-order chi connectivity index (χ0) is 11.4. The highest BCUT2D eigenvalue weighted by atomic mass is 16.3. The van der Waals surface area contributed by atoms with Gasteiger partial charge in [-0.1, -0.05) is 0 Å². The summed E-state index contributed by atoms with van der Waals surface area (Å²) in [6, 6.07) is 6.53. The molecule has 1 aromatic carbocycles. The molecule has 0 aliphatic rings. The van der Waals surface area contributed by atoms with Gasteiger partial charge in [0.2, 0.25) is 0 Å². The first kappa shape index (κ1) is 11.6. The number of benzene rings is 1. The van der Waals surface area contributed by atoms with Crippen LogP contribution in [0, 0.1) is 0 Å². The molecule has 0 heterocycles. The first-order valence-corrected chi connectivity index (χ1v) is 5.16. The first-order valence-electron chi connectivity index (χ1n) is 5.16. The van der Waals surface area contributed by atoms with Crippen molar-refractivity contribution >= 4 is 5.91 Å². The van der Waals surface area contributed by atoms with E-state index in [4.69, 9.17) is 5.11 Å². The highest BCUT2D eigenvalue weighted by Crippen LogP contribution is 2.13. The predicted octanol–water partition coefficient (Wildman–Crippen LogP) is 2.26. The Morgan fingerprint density at radius 3 is 2.27 bits per heavy atom. The van der Waals surface area contributed by atoms with Gasteiger partial charge in [0, 0.05) is 18.2 Å². The number of hydrogen-bond acceptors (Lipinski definition) is 2. The molecule has 0 spiro atoms. The molecular formula is C12H17NO2. The zero-order valence-corrected chi connectivity index (χ0v) is 9.40. The Morgan fingerprint density at radius 2 is 1.87 bits per heavy atom. The molecular weight excluding hydrogens is 190 g/mol. The normalized spacial score (nSPS) is 10.4. The van der Waals surface area contributed by atoms with Crippen molar-refractivity contribution in [3.05, 3.63) is 29.8 Å². The Bertz CT molecular complexity index is 330. The minimum Gasteiger partial charge on any atom is -0.508 e. The lowest BCUT2D eigenvalue weighted by Gasteiger charge is -2.25. The van der Waals surface area contributed by atoms with Gasteiger partial charge in [-0.05, 0) is 45.0 Å². The summed E-state index contributed by atoms with van der Waals surface area (Å²) in [4.78, 5) is 13.8. The van der Waals surface area contributed by atoms with Gasteiger partial charge in [-0.3, -0.25) is 4.79 Å². The van der Waals surface area contributed by atoms with E-state index in [9.17, 15) is 4.79 Å². The Labute approximate surface area is 90.3 Å². The molecule has 3 nitrogen and oxygen atoms in total. The summed E-state index contributed by atoms with van der Waals surface area (Å²) in [6.07, 6.45) is 0. The van der Waals surface area contributed by atoms with Gasteiger partial charge in [-0.2, -0.15) is 0 Å². The third-order valence-corrected chi connectivity index (χ3v) is 2.34.